The second-order valence-corrected chi connectivity index (χ2v) is 8.35. The molecule has 0 spiro atoms. The van der Waals surface area contributed by atoms with E-state index in [-0.39, 0.29) is 47.6 Å². The normalized spacial score (nSPS) is 33.9. The average molecular weight is 368 g/mol. The molecular formula is C21H24N2O4. The van der Waals surface area contributed by atoms with E-state index in [1.165, 1.54) is 6.42 Å². The molecular weight excluding hydrogens is 344 g/mol. The highest BCUT2D eigenvalue weighted by Gasteiger charge is 2.63. The lowest BCUT2D eigenvalue weighted by Crippen LogP contribution is -2.36. The van der Waals surface area contributed by atoms with Gasteiger partial charge >= 0.3 is 5.97 Å². The molecule has 0 radical (unpaired) electrons. The van der Waals surface area contributed by atoms with Crippen molar-refractivity contribution in [3.05, 3.63) is 29.8 Å². The summed E-state index contributed by atoms with van der Waals surface area (Å²) in [6, 6.07) is 7.14. The number of nitrogens with zero attached hydrogens (tertiary/aromatic N) is 1. The van der Waals surface area contributed by atoms with Crippen molar-refractivity contribution in [2.75, 3.05) is 18.4 Å². The second-order valence-electron chi connectivity index (χ2n) is 8.35. The zero-order valence-electron chi connectivity index (χ0n) is 15.2. The van der Waals surface area contributed by atoms with Gasteiger partial charge in [-0.2, -0.15) is 0 Å². The van der Waals surface area contributed by atoms with Crippen LogP contribution in [0.15, 0.2) is 24.3 Å². The van der Waals surface area contributed by atoms with Crippen molar-refractivity contribution in [1.29, 1.82) is 0 Å². The molecule has 2 bridgehead atoms. The predicted molar refractivity (Wildman–Crippen MR) is 97.9 cm³/mol. The van der Waals surface area contributed by atoms with E-state index in [1.54, 1.807) is 24.3 Å². The zero-order chi connectivity index (χ0) is 18.5. The third kappa shape index (κ3) is 2.73. The van der Waals surface area contributed by atoms with Crippen molar-refractivity contribution >= 4 is 23.5 Å². The van der Waals surface area contributed by atoms with Crippen LogP contribution in [0.5, 0.6) is 0 Å². The Bertz CT molecular complexity index is 799. The van der Waals surface area contributed by atoms with Crippen LogP contribution in [0.3, 0.4) is 0 Å². The summed E-state index contributed by atoms with van der Waals surface area (Å²) < 4.78 is 5.42. The smallest absolute Gasteiger partial charge is 0.310 e. The highest BCUT2D eigenvalue weighted by Crippen LogP contribution is 2.57. The number of hydrogen-bond donors (Lipinski definition) is 1. The summed E-state index contributed by atoms with van der Waals surface area (Å²) in [5.41, 5.74) is 1.22. The van der Waals surface area contributed by atoms with Crippen LogP contribution in [-0.2, 0) is 14.3 Å². The van der Waals surface area contributed by atoms with E-state index in [0.29, 0.717) is 11.3 Å². The van der Waals surface area contributed by atoms with E-state index in [0.717, 1.165) is 38.8 Å². The summed E-state index contributed by atoms with van der Waals surface area (Å²) in [6.45, 7) is 1.59. The average Bonchev–Trinajstić information content (AvgIpc) is 3.31. The first-order chi connectivity index (χ1) is 13.1. The molecule has 4 fully saturated rings. The monoisotopic (exact) mass is 368 g/mol. The number of anilines is 1. The first kappa shape index (κ1) is 16.8. The molecule has 0 aromatic heterocycles. The maximum absolute atomic E-state index is 12.9. The fourth-order valence-corrected chi connectivity index (χ4v) is 5.60. The quantitative estimate of drug-likeness (QED) is 0.832. The van der Waals surface area contributed by atoms with Crippen molar-refractivity contribution in [2.24, 2.45) is 23.7 Å². The van der Waals surface area contributed by atoms with Crippen molar-refractivity contribution in [1.82, 2.24) is 4.90 Å². The Morgan fingerprint density at radius 1 is 1.11 bits per heavy atom. The van der Waals surface area contributed by atoms with Crippen LogP contribution in [0, 0.1) is 23.7 Å². The van der Waals surface area contributed by atoms with Gasteiger partial charge in [-0.1, -0.05) is 6.07 Å². The molecule has 1 aromatic rings. The summed E-state index contributed by atoms with van der Waals surface area (Å²) in [6.07, 6.45) is 5.01. The number of nitrogens with one attached hydrogen (secondary N) is 1. The lowest BCUT2D eigenvalue weighted by Gasteiger charge is -2.27. The molecule has 2 amide bonds. The number of ether oxygens (including phenoxy) is 1. The van der Waals surface area contributed by atoms with Crippen LogP contribution >= 0.6 is 0 Å². The molecule has 2 aliphatic heterocycles. The molecule has 0 unspecified atom stereocenters. The molecule has 1 N–H and O–H groups in total. The van der Waals surface area contributed by atoms with Crippen LogP contribution < -0.4 is 5.32 Å². The lowest BCUT2D eigenvalue weighted by atomic mass is 9.79. The van der Waals surface area contributed by atoms with E-state index in [9.17, 15) is 14.4 Å². The fraction of sp³-hybridized carbons (Fsp3) is 0.571. The number of hydrogen-bond acceptors (Lipinski definition) is 4. The Morgan fingerprint density at radius 3 is 2.74 bits per heavy atom. The molecule has 2 heterocycles. The van der Waals surface area contributed by atoms with Crippen LogP contribution in [-0.4, -0.2) is 41.9 Å². The Labute approximate surface area is 158 Å². The summed E-state index contributed by atoms with van der Waals surface area (Å²) in [5, 5.41) is 2.95. The molecule has 4 aliphatic rings. The Balaban J connectivity index is 1.30. The summed E-state index contributed by atoms with van der Waals surface area (Å²) in [5.74, 6) is -0.450. The minimum Gasteiger partial charge on any atom is -0.462 e. The number of piperidine rings is 1. The summed E-state index contributed by atoms with van der Waals surface area (Å²) in [4.78, 5) is 39.6. The molecule has 2 saturated heterocycles. The Hall–Kier alpha value is -2.37. The van der Waals surface area contributed by atoms with Gasteiger partial charge in [0.15, 0.2) is 0 Å². The number of benzene rings is 1. The van der Waals surface area contributed by atoms with Crippen molar-refractivity contribution in [2.45, 2.75) is 38.2 Å². The number of carbonyl (C=O) groups is 3. The molecule has 5 rings (SSSR count). The molecule has 27 heavy (non-hydrogen) atoms. The van der Waals surface area contributed by atoms with Gasteiger partial charge in [-0.3, -0.25) is 14.4 Å². The first-order valence-corrected chi connectivity index (χ1v) is 10.0. The van der Waals surface area contributed by atoms with Gasteiger partial charge in [-0.25, -0.2) is 0 Å². The third-order valence-corrected chi connectivity index (χ3v) is 6.81. The van der Waals surface area contributed by atoms with Gasteiger partial charge in [0, 0.05) is 30.3 Å². The topological polar surface area (TPSA) is 75.7 Å². The van der Waals surface area contributed by atoms with Gasteiger partial charge < -0.3 is 15.0 Å². The van der Waals surface area contributed by atoms with Crippen LogP contribution in [0.1, 0.15) is 42.5 Å². The number of esters is 1. The summed E-state index contributed by atoms with van der Waals surface area (Å²) >= 11 is 0. The van der Waals surface area contributed by atoms with Gasteiger partial charge in [-0.15, -0.1) is 0 Å². The Morgan fingerprint density at radius 2 is 1.93 bits per heavy atom. The minimum absolute atomic E-state index is 0.0212. The minimum atomic E-state index is -0.303. The van der Waals surface area contributed by atoms with Crippen LogP contribution in [0.2, 0.25) is 0 Å². The van der Waals surface area contributed by atoms with Gasteiger partial charge in [0.1, 0.15) is 6.10 Å². The van der Waals surface area contributed by atoms with Gasteiger partial charge in [0.05, 0.1) is 11.8 Å². The van der Waals surface area contributed by atoms with Crippen molar-refractivity contribution in [3.8, 4) is 0 Å². The van der Waals surface area contributed by atoms with E-state index < -0.39 is 0 Å². The maximum Gasteiger partial charge on any atom is 0.310 e. The third-order valence-electron chi connectivity index (χ3n) is 6.81. The van der Waals surface area contributed by atoms with Crippen molar-refractivity contribution < 1.29 is 19.1 Å². The van der Waals surface area contributed by atoms with E-state index >= 15 is 0 Å². The lowest BCUT2D eigenvalue weighted by molar-refractivity contribution is -0.145. The van der Waals surface area contributed by atoms with Gasteiger partial charge in [0.25, 0.3) is 5.91 Å². The van der Waals surface area contributed by atoms with Gasteiger partial charge in [0.2, 0.25) is 5.91 Å². The zero-order valence-corrected chi connectivity index (χ0v) is 15.2. The molecule has 2 aliphatic carbocycles. The maximum atomic E-state index is 12.9. The highest BCUT2D eigenvalue weighted by atomic mass is 16.6. The second kappa shape index (κ2) is 6.36. The largest absolute Gasteiger partial charge is 0.462 e. The molecule has 2 saturated carbocycles. The molecule has 6 heteroatoms. The predicted octanol–water partition coefficient (Wildman–Crippen LogP) is 2.45. The molecule has 1 aromatic carbocycles. The number of carbonyl (C=O) groups excluding carboxylic acids is 3. The van der Waals surface area contributed by atoms with Crippen LogP contribution in [0.4, 0.5) is 5.69 Å². The molecule has 5 atom stereocenters. The number of fused-ring (bicyclic) bond motifs is 1. The van der Waals surface area contributed by atoms with Crippen molar-refractivity contribution in [3.63, 3.8) is 0 Å². The highest BCUT2D eigenvalue weighted by molar-refractivity contribution is 5.99. The summed E-state index contributed by atoms with van der Waals surface area (Å²) in [7, 11) is 0. The molecule has 6 nitrogen and oxygen atoms in total. The number of likely N-dealkylation sites (tertiary alicyclic amines) is 1. The van der Waals surface area contributed by atoms with Crippen LogP contribution in [0.25, 0.3) is 0 Å². The Kier molecular flexibility index (Phi) is 3.95. The first-order valence-electron chi connectivity index (χ1n) is 10.0. The SMILES string of the molecule is O=C(Nc1cccc(C(=O)N2CCCCC2)c1)[C@@H]1[C@@H]2C[C@@H]3[C@H]1C(=O)O[C@@H]3C2. The molecule has 142 valence electrons. The standard InChI is InChI=1S/C21H24N2O4/c24-19(17-13-10-15-16(11-13)27-21(26)18(15)17)22-14-6-4-5-12(9-14)20(25)23-7-2-1-3-8-23/h4-6,9,13,15-18H,1-3,7-8,10-11H2,(H,22,24)/t13-,15+,16-,17-,18-/m1/s1. The van der Waals surface area contributed by atoms with E-state index in [1.807, 2.05) is 4.90 Å². The van der Waals surface area contributed by atoms with E-state index in [2.05, 4.69) is 5.32 Å². The number of rotatable bonds is 3. The van der Waals surface area contributed by atoms with E-state index in [4.69, 9.17) is 4.74 Å². The fourth-order valence-electron chi connectivity index (χ4n) is 5.60. The number of amides is 2. The van der Waals surface area contributed by atoms with Gasteiger partial charge in [-0.05, 0) is 56.2 Å².